The molecule has 2 aromatic carbocycles. The van der Waals surface area contributed by atoms with Crippen molar-refractivity contribution >= 4 is 23.0 Å². The Kier molecular flexibility index (Phi) is 2.45. The van der Waals surface area contributed by atoms with E-state index in [1.807, 2.05) is 55.5 Å². The van der Waals surface area contributed by atoms with E-state index in [2.05, 4.69) is 10.3 Å². The van der Waals surface area contributed by atoms with E-state index in [1.54, 1.807) is 0 Å². The minimum absolute atomic E-state index is 0.139. The number of carbonyl (C=O) groups excluding carboxylic acids is 1. The summed E-state index contributed by atoms with van der Waals surface area (Å²) in [6.45, 7) is 2.00. The minimum atomic E-state index is -0.139. The highest BCUT2D eigenvalue weighted by molar-refractivity contribution is 6.54. The Labute approximate surface area is 105 Å². The molecule has 1 aliphatic rings. The van der Waals surface area contributed by atoms with Crippen molar-refractivity contribution in [3.8, 4) is 0 Å². The van der Waals surface area contributed by atoms with Crippen LogP contribution in [-0.2, 0) is 4.79 Å². The molecule has 0 saturated carbocycles. The second kappa shape index (κ2) is 4.11. The van der Waals surface area contributed by atoms with Crippen LogP contribution < -0.4 is 5.32 Å². The van der Waals surface area contributed by atoms with Crippen molar-refractivity contribution < 1.29 is 4.79 Å². The van der Waals surface area contributed by atoms with E-state index in [4.69, 9.17) is 0 Å². The van der Waals surface area contributed by atoms with E-state index in [0.29, 0.717) is 5.71 Å². The average Bonchev–Trinajstić information content (AvgIpc) is 2.66. The third-order valence-electron chi connectivity index (χ3n) is 2.89. The van der Waals surface area contributed by atoms with Crippen molar-refractivity contribution in [3.05, 3.63) is 59.7 Å². The number of carbonyl (C=O) groups is 1. The smallest absolute Gasteiger partial charge is 0.275 e. The number of aryl methyl sites for hydroxylation is 1. The molecule has 1 aliphatic heterocycles. The molecule has 88 valence electrons. The highest BCUT2D eigenvalue weighted by Gasteiger charge is 2.25. The van der Waals surface area contributed by atoms with Crippen LogP contribution in [0, 0.1) is 6.92 Å². The first-order valence-corrected chi connectivity index (χ1v) is 5.80. The van der Waals surface area contributed by atoms with Gasteiger partial charge < -0.3 is 5.32 Å². The van der Waals surface area contributed by atoms with Crippen LogP contribution in [0.3, 0.4) is 0 Å². The third-order valence-corrected chi connectivity index (χ3v) is 2.89. The van der Waals surface area contributed by atoms with Crippen LogP contribution in [0.25, 0.3) is 0 Å². The van der Waals surface area contributed by atoms with E-state index in [0.717, 1.165) is 22.5 Å². The number of amides is 1. The van der Waals surface area contributed by atoms with Crippen LogP contribution in [0.5, 0.6) is 0 Å². The summed E-state index contributed by atoms with van der Waals surface area (Å²) in [6, 6.07) is 15.4. The SMILES string of the molecule is Cc1ccc2c(c1)NC(=O)/C2=N\c1ccccc1. The van der Waals surface area contributed by atoms with Gasteiger partial charge in [0.15, 0.2) is 0 Å². The lowest BCUT2D eigenvalue weighted by Crippen LogP contribution is -2.13. The lowest BCUT2D eigenvalue weighted by atomic mass is 10.1. The van der Waals surface area contributed by atoms with Crippen molar-refractivity contribution in [2.45, 2.75) is 6.92 Å². The molecule has 0 fully saturated rings. The monoisotopic (exact) mass is 236 g/mol. The lowest BCUT2D eigenvalue weighted by Gasteiger charge is -1.99. The normalized spacial score (nSPS) is 15.6. The van der Waals surface area contributed by atoms with Crippen molar-refractivity contribution in [3.63, 3.8) is 0 Å². The summed E-state index contributed by atoms with van der Waals surface area (Å²) < 4.78 is 0. The summed E-state index contributed by atoms with van der Waals surface area (Å²) >= 11 is 0. The van der Waals surface area contributed by atoms with E-state index >= 15 is 0 Å². The number of para-hydroxylation sites is 1. The van der Waals surface area contributed by atoms with Gasteiger partial charge in [0.25, 0.3) is 5.91 Å². The summed E-state index contributed by atoms with van der Waals surface area (Å²) in [7, 11) is 0. The molecule has 0 aromatic heterocycles. The minimum Gasteiger partial charge on any atom is -0.320 e. The zero-order valence-corrected chi connectivity index (χ0v) is 9.97. The Bertz CT molecular complexity index is 645. The van der Waals surface area contributed by atoms with Crippen molar-refractivity contribution in [1.29, 1.82) is 0 Å². The van der Waals surface area contributed by atoms with Crippen LogP contribution in [0.2, 0.25) is 0 Å². The number of hydrogen-bond acceptors (Lipinski definition) is 2. The average molecular weight is 236 g/mol. The van der Waals surface area contributed by atoms with Gasteiger partial charge in [-0.2, -0.15) is 0 Å². The summed E-state index contributed by atoms with van der Waals surface area (Å²) in [5.74, 6) is -0.139. The van der Waals surface area contributed by atoms with Crippen LogP contribution in [0.4, 0.5) is 11.4 Å². The number of nitrogens with zero attached hydrogens (tertiary/aromatic N) is 1. The van der Waals surface area contributed by atoms with Crippen molar-refractivity contribution in [2.24, 2.45) is 4.99 Å². The van der Waals surface area contributed by atoms with Gasteiger partial charge in [0, 0.05) is 5.56 Å². The third kappa shape index (κ3) is 1.80. The maximum Gasteiger partial charge on any atom is 0.275 e. The zero-order chi connectivity index (χ0) is 12.5. The predicted octanol–water partition coefficient (Wildman–Crippen LogP) is 3.07. The molecular formula is C15H12N2O. The number of aliphatic imine (C=N–C) groups is 1. The predicted molar refractivity (Wildman–Crippen MR) is 72.4 cm³/mol. The molecule has 0 spiro atoms. The van der Waals surface area contributed by atoms with Gasteiger partial charge in [-0.25, -0.2) is 4.99 Å². The molecule has 0 bridgehead atoms. The molecule has 1 N–H and O–H groups in total. The molecule has 18 heavy (non-hydrogen) atoms. The Morgan fingerprint density at radius 2 is 1.83 bits per heavy atom. The van der Waals surface area contributed by atoms with Crippen LogP contribution in [-0.4, -0.2) is 11.6 Å². The quantitative estimate of drug-likeness (QED) is 0.812. The second-order valence-electron chi connectivity index (χ2n) is 4.30. The summed E-state index contributed by atoms with van der Waals surface area (Å²) in [4.78, 5) is 16.3. The fraction of sp³-hybridized carbons (Fsp3) is 0.0667. The molecular weight excluding hydrogens is 224 g/mol. The lowest BCUT2D eigenvalue weighted by molar-refractivity contribution is -0.110. The number of benzene rings is 2. The summed E-state index contributed by atoms with van der Waals surface area (Å²) in [6.07, 6.45) is 0. The number of anilines is 1. The van der Waals surface area contributed by atoms with Gasteiger partial charge in [-0.05, 0) is 30.7 Å². The topological polar surface area (TPSA) is 41.5 Å². The van der Waals surface area contributed by atoms with Gasteiger partial charge in [0.1, 0.15) is 5.71 Å². The van der Waals surface area contributed by atoms with Gasteiger partial charge in [0.2, 0.25) is 0 Å². The Hall–Kier alpha value is -2.42. The van der Waals surface area contributed by atoms with Crippen molar-refractivity contribution in [2.75, 3.05) is 5.32 Å². The molecule has 3 nitrogen and oxygen atoms in total. The zero-order valence-electron chi connectivity index (χ0n) is 9.97. The van der Waals surface area contributed by atoms with Gasteiger partial charge in [-0.15, -0.1) is 0 Å². The van der Waals surface area contributed by atoms with Crippen LogP contribution >= 0.6 is 0 Å². The fourth-order valence-corrected chi connectivity index (χ4v) is 2.01. The molecule has 0 saturated heterocycles. The molecule has 0 atom stereocenters. The molecule has 2 aromatic rings. The first-order chi connectivity index (χ1) is 8.74. The highest BCUT2D eigenvalue weighted by Crippen LogP contribution is 2.26. The molecule has 1 heterocycles. The van der Waals surface area contributed by atoms with Gasteiger partial charge >= 0.3 is 0 Å². The first kappa shape index (κ1) is 10.7. The summed E-state index contributed by atoms with van der Waals surface area (Å²) in [5, 5.41) is 2.84. The van der Waals surface area contributed by atoms with E-state index < -0.39 is 0 Å². The Morgan fingerprint density at radius 1 is 1.06 bits per heavy atom. The standard InChI is InChI=1S/C15H12N2O/c1-10-7-8-12-13(9-10)17-15(18)14(12)16-11-5-3-2-4-6-11/h2-9H,1H3,(H,16,17,18). The molecule has 1 amide bonds. The molecule has 3 heteroatoms. The Morgan fingerprint density at radius 3 is 2.61 bits per heavy atom. The maximum absolute atomic E-state index is 11.9. The number of nitrogens with one attached hydrogen (secondary N) is 1. The van der Waals surface area contributed by atoms with Gasteiger partial charge in [-0.3, -0.25) is 4.79 Å². The van der Waals surface area contributed by atoms with Crippen molar-refractivity contribution in [1.82, 2.24) is 0 Å². The van der Waals surface area contributed by atoms with Gasteiger partial charge in [0.05, 0.1) is 11.4 Å². The number of fused-ring (bicyclic) bond motifs is 1. The number of hydrogen-bond donors (Lipinski definition) is 1. The highest BCUT2D eigenvalue weighted by atomic mass is 16.2. The molecule has 0 aliphatic carbocycles. The summed E-state index contributed by atoms with van der Waals surface area (Å²) in [5.41, 5.74) is 4.10. The van der Waals surface area contributed by atoms with E-state index in [9.17, 15) is 4.79 Å². The molecule has 0 unspecified atom stereocenters. The second-order valence-corrected chi connectivity index (χ2v) is 4.30. The van der Waals surface area contributed by atoms with E-state index in [-0.39, 0.29) is 5.91 Å². The van der Waals surface area contributed by atoms with E-state index in [1.165, 1.54) is 0 Å². The van der Waals surface area contributed by atoms with Crippen LogP contribution in [0.1, 0.15) is 11.1 Å². The number of rotatable bonds is 1. The molecule has 3 rings (SSSR count). The molecule has 0 radical (unpaired) electrons. The van der Waals surface area contributed by atoms with Crippen LogP contribution in [0.15, 0.2) is 53.5 Å². The Balaban J connectivity index is 2.10. The fourth-order valence-electron chi connectivity index (χ4n) is 2.01. The van der Waals surface area contributed by atoms with Gasteiger partial charge in [-0.1, -0.05) is 30.3 Å². The largest absolute Gasteiger partial charge is 0.320 e. The maximum atomic E-state index is 11.9. The first-order valence-electron chi connectivity index (χ1n) is 5.80.